The van der Waals surface area contributed by atoms with Gasteiger partial charge in [0.1, 0.15) is 17.3 Å². The predicted octanol–water partition coefficient (Wildman–Crippen LogP) is 5.14. The lowest BCUT2D eigenvalue weighted by Gasteiger charge is -2.12. The number of halogens is 2. The second-order valence-electron chi connectivity index (χ2n) is 6.61. The average molecular weight is 456 g/mol. The van der Waals surface area contributed by atoms with E-state index in [0.717, 1.165) is 10.9 Å². The van der Waals surface area contributed by atoms with Crippen LogP contribution in [0.25, 0.3) is 10.9 Å². The van der Waals surface area contributed by atoms with E-state index in [1.807, 2.05) is 13.0 Å². The number of anilines is 1. The number of amides is 1. The lowest BCUT2D eigenvalue weighted by Crippen LogP contribution is -2.20. The number of ether oxygens (including phenoxy) is 1. The van der Waals surface area contributed by atoms with Gasteiger partial charge in [0.15, 0.2) is 12.4 Å². The molecule has 0 aliphatic rings. The quantitative estimate of drug-likeness (QED) is 0.289. The maximum atomic E-state index is 12.4. The summed E-state index contributed by atoms with van der Waals surface area (Å²) in [6, 6.07) is 8.42. The van der Waals surface area contributed by atoms with Crippen molar-refractivity contribution in [2.45, 2.75) is 19.9 Å². The number of benzene rings is 2. The molecule has 8 heteroatoms. The van der Waals surface area contributed by atoms with E-state index < -0.39 is 5.91 Å². The number of carbonyl (C=O) groups is 2. The van der Waals surface area contributed by atoms with Crippen molar-refractivity contribution in [3.63, 3.8) is 0 Å². The third kappa shape index (κ3) is 4.74. The predicted molar refractivity (Wildman–Crippen MR) is 123 cm³/mol. The van der Waals surface area contributed by atoms with Crippen LogP contribution in [-0.2, 0) is 11.3 Å². The normalized spacial score (nSPS) is 10.5. The second kappa shape index (κ2) is 9.69. The zero-order valence-corrected chi connectivity index (χ0v) is 18.3. The Morgan fingerprint density at radius 2 is 2.03 bits per heavy atom. The van der Waals surface area contributed by atoms with Gasteiger partial charge < -0.3 is 10.1 Å². The summed E-state index contributed by atoms with van der Waals surface area (Å²) in [6.07, 6.45) is 7.49. The minimum absolute atomic E-state index is 0.0573. The van der Waals surface area contributed by atoms with Crippen molar-refractivity contribution in [3.8, 4) is 18.1 Å². The molecule has 1 amide bonds. The Hall–Kier alpha value is -3.27. The maximum Gasteiger partial charge on any atom is 0.262 e. The number of rotatable bonds is 8. The van der Waals surface area contributed by atoms with E-state index in [9.17, 15) is 9.59 Å². The van der Waals surface area contributed by atoms with Gasteiger partial charge in [-0.25, -0.2) is 0 Å². The summed E-state index contributed by atoms with van der Waals surface area (Å²) in [5.41, 5.74) is 2.05. The topological polar surface area (TPSA) is 73.2 Å². The van der Waals surface area contributed by atoms with E-state index in [0.29, 0.717) is 24.2 Å². The fourth-order valence-corrected chi connectivity index (χ4v) is 3.39. The molecule has 0 saturated carbocycles. The van der Waals surface area contributed by atoms with Gasteiger partial charge in [-0.2, -0.15) is 5.10 Å². The molecule has 1 N–H and O–H groups in total. The molecule has 1 aromatic heterocycles. The molecule has 0 spiro atoms. The molecule has 1 heterocycles. The Morgan fingerprint density at radius 3 is 2.74 bits per heavy atom. The van der Waals surface area contributed by atoms with Crippen molar-refractivity contribution in [1.82, 2.24) is 9.78 Å². The maximum absolute atomic E-state index is 12.4. The van der Waals surface area contributed by atoms with Gasteiger partial charge >= 0.3 is 0 Å². The average Bonchev–Trinajstić information content (AvgIpc) is 3.18. The molecule has 0 atom stereocenters. The molecule has 0 radical (unpaired) electrons. The van der Waals surface area contributed by atoms with Crippen LogP contribution in [0.1, 0.15) is 23.7 Å². The number of nitrogens with one attached hydrogen (secondary N) is 1. The van der Waals surface area contributed by atoms with Crippen molar-refractivity contribution in [2.24, 2.45) is 0 Å². The Balaban J connectivity index is 1.71. The molecular weight excluding hydrogens is 437 g/mol. The zero-order chi connectivity index (χ0) is 22.5. The summed E-state index contributed by atoms with van der Waals surface area (Å²) in [5, 5.41) is 7.89. The fourth-order valence-electron chi connectivity index (χ4n) is 2.92. The van der Waals surface area contributed by atoms with Crippen LogP contribution < -0.4 is 10.1 Å². The van der Waals surface area contributed by atoms with Crippen LogP contribution in [0.15, 0.2) is 48.7 Å². The van der Waals surface area contributed by atoms with Gasteiger partial charge in [-0.15, -0.1) is 6.42 Å². The van der Waals surface area contributed by atoms with Crippen LogP contribution in [0, 0.1) is 12.3 Å². The number of fused-ring (bicyclic) bond motifs is 1. The van der Waals surface area contributed by atoms with Crippen LogP contribution in [0.2, 0.25) is 10.0 Å². The summed E-state index contributed by atoms with van der Waals surface area (Å²) in [7, 11) is 0. The number of Topliss-reactive ketones (excluding diaryl/α,β-unsaturated/α-hetero) is 1. The van der Waals surface area contributed by atoms with Gasteiger partial charge in [0, 0.05) is 10.9 Å². The van der Waals surface area contributed by atoms with Gasteiger partial charge in [0.05, 0.1) is 22.4 Å². The van der Waals surface area contributed by atoms with Crippen molar-refractivity contribution in [1.29, 1.82) is 0 Å². The zero-order valence-electron chi connectivity index (χ0n) is 16.7. The van der Waals surface area contributed by atoms with E-state index in [2.05, 4.69) is 22.9 Å². The number of hydrogen-bond donors (Lipinski definition) is 1. The summed E-state index contributed by atoms with van der Waals surface area (Å²) in [4.78, 5) is 24.7. The van der Waals surface area contributed by atoms with Crippen LogP contribution in [0.5, 0.6) is 5.75 Å². The first-order valence-corrected chi connectivity index (χ1v) is 10.1. The minimum Gasteiger partial charge on any atom is -0.482 e. The van der Waals surface area contributed by atoms with E-state index in [1.54, 1.807) is 23.0 Å². The van der Waals surface area contributed by atoms with Gasteiger partial charge in [-0.05, 0) is 36.3 Å². The number of nitrogens with zero attached hydrogens (tertiary/aromatic N) is 2. The molecule has 3 aromatic rings. The molecule has 158 valence electrons. The van der Waals surface area contributed by atoms with Gasteiger partial charge in [-0.3, -0.25) is 14.3 Å². The number of terminal acetylenes is 1. The molecule has 6 nitrogen and oxygen atoms in total. The van der Waals surface area contributed by atoms with E-state index in [1.165, 1.54) is 12.1 Å². The van der Waals surface area contributed by atoms with Gasteiger partial charge in [0.25, 0.3) is 5.91 Å². The minimum atomic E-state index is -0.399. The van der Waals surface area contributed by atoms with Gasteiger partial charge in [0.2, 0.25) is 0 Å². The van der Waals surface area contributed by atoms with Crippen molar-refractivity contribution < 1.29 is 14.3 Å². The van der Waals surface area contributed by atoms with Crippen LogP contribution in [-0.4, -0.2) is 28.1 Å². The summed E-state index contributed by atoms with van der Waals surface area (Å²) in [6.45, 7) is 5.57. The lowest BCUT2D eigenvalue weighted by molar-refractivity contribution is -0.118. The molecule has 0 fully saturated rings. The monoisotopic (exact) mass is 455 g/mol. The Labute approximate surface area is 189 Å². The molecule has 0 bridgehead atoms. The Morgan fingerprint density at radius 1 is 1.26 bits per heavy atom. The second-order valence-corrected chi connectivity index (χ2v) is 7.36. The first kappa shape index (κ1) is 22.4. The van der Waals surface area contributed by atoms with Crippen molar-refractivity contribution >= 4 is 51.5 Å². The third-order valence-electron chi connectivity index (χ3n) is 4.60. The molecule has 2 aromatic carbocycles. The molecular formula is C23H19Cl2N3O3. The third-order valence-corrected chi connectivity index (χ3v) is 5.47. The standard InChI is InChI=1S/C23H19Cl2N3O3/c1-4-11-28-18-8-6-7-17(16(18)12-26-28)27-20(29)13-31-19-10-9-15(21(24)22(19)25)23(30)14(3)5-2/h1,6-10,12H,3,5,11,13H2,2H3,(H,27,29). The number of carbonyl (C=O) groups excluding carboxylic acids is 2. The highest BCUT2D eigenvalue weighted by Crippen LogP contribution is 2.36. The SMILES string of the molecule is C#CCn1ncc2c(NC(=O)COc3ccc(C(=O)C(=C)CC)c(Cl)c3Cl)cccc21. The van der Waals surface area contributed by atoms with Gasteiger partial charge in [-0.1, -0.05) is 48.7 Å². The lowest BCUT2D eigenvalue weighted by atomic mass is 10.0. The first-order chi connectivity index (χ1) is 14.9. The molecule has 0 aliphatic heterocycles. The number of hydrogen-bond acceptors (Lipinski definition) is 4. The number of ketones is 1. The molecule has 31 heavy (non-hydrogen) atoms. The smallest absolute Gasteiger partial charge is 0.262 e. The van der Waals surface area contributed by atoms with E-state index in [4.69, 9.17) is 34.4 Å². The largest absolute Gasteiger partial charge is 0.482 e. The highest BCUT2D eigenvalue weighted by molar-refractivity contribution is 6.45. The number of aromatic nitrogens is 2. The van der Waals surface area contributed by atoms with Crippen LogP contribution in [0.3, 0.4) is 0 Å². The fraction of sp³-hybridized carbons (Fsp3) is 0.174. The Bertz CT molecular complexity index is 1220. The molecule has 0 unspecified atom stereocenters. The Kier molecular flexibility index (Phi) is 7.01. The highest BCUT2D eigenvalue weighted by Gasteiger charge is 2.19. The highest BCUT2D eigenvalue weighted by atomic mass is 35.5. The molecule has 3 rings (SSSR count). The summed E-state index contributed by atoms with van der Waals surface area (Å²) in [5.74, 6) is 2.05. The number of allylic oxidation sites excluding steroid dienone is 1. The van der Waals surface area contributed by atoms with Crippen molar-refractivity contribution in [2.75, 3.05) is 11.9 Å². The summed E-state index contributed by atoms with van der Waals surface area (Å²) < 4.78 is 7.19. The van der Waals surface area contributed by atoms with E-state index >= 15 is 0 Å². The van der Waals surface area contributed by atoms with Crippen LogP contribution in [0.4, 0.5) is 5.69 Å². The first-order valence-electron chi connectivity index (χ1n) is 9.38. The van der Waals surface area contributed by atoms with E-state index in [-0.39, 0.29) is 33.7 Å². The van der Waals surface area contributed by atoms with Crippen LogP contribution >= 0.6 is 23.2 Å². The molecule has 0 aliphatic carbocycles. The summed E-state index contributed by atoms with van der Waals surface area (Å²) >= 11 is 12.5. The van der Waals surface area contributed by atoms with Crippen molar-refractivity contribution in [3.05, 3.63) is 64.3 Å². The molecule has 0 saturated heterocycles.